The van der Waals surface area contributed by atoms with E-state index in [1.165, 1.54) is 24.3 Å². The van der Waals surface area contributed by atoms with Gasteiger partial charge in [-0.3, -0.25) is 10.1 Å². The molecule has 0 aliphatic carbocycles. The number of carbonyl (C=O) groups excluding carboxylic acids is 1. The standard InChI is InChI=1S/C15H10F3N3O3S2/c16-15(17,18)9-3-1-2-8(6-9)13(22)21-14-20-11-5-4-10(26(19,23)24)7-12(11)25-14/h1-7H,(H2,19,23,24)(H,20,21,22). The number of nitrogens with two attached hydrogens (primary N) is 1. The molecule has 11 heteroatoms. The van der Waals surface area contributed by atoms with E-state index in [1.807, 2.05) is 0 Å². The molecule has 1 amide bonds. The second-order valence-corrected chi connectivity index (χ2v) is 7.82. The van der Waals surface area contributed by atoms with Crippen LogP contribution >= 0.6 is 11.3 Å². The molecule has 0 fully saturated rings. The summed E-state index contributed by atoms with van der Waals surface area (Å²) in [4.78, 5) is 16.2. The van der Waals surface area contributed by atoms with Gasteiger partial charge in [0.2, 0.25) is 10.0 Å². The van der Waals surface area contributed by atoms with E-state index in [1.54, 1.807) is 0 Å². The molecule has 0 bridgehead atoms. The molecule has 0 radical (unpaired) electrons. The Morgan fingerprint density at radius 2 is 1.88 bits per heavy atom. The van der Waals surface area contributed by atoms with Crippen LogP contribution in [0.1, 0.15) is 15.9 Å². The molecule has 0 aliphatic rings. The van der Waals surface area contributed by atoms with Crippen LogP contribution in [0.15, 0.2) is 47.4 Å². The average Bonchev–Trinajstić information content (AvgIpc) is 2.94. The zero-order valence-electron chi connectivity index (χ0n) is 12.7. The fraction of sp³-hybridized carbons (Fsp3) is 0.0667. The Balaban J connectivity index is 1.88. The fourth-order valence-corrected chi connectivity index (χ4v) is 3.66. The maximum atomic E-state index is 12.7. The number of carbonyl (C=O) groups is 1. The minimum Gasteiger partial charge on any atom is -0.298 e. The van der Waals surface area contributed by atoms with E-state index in [0.717, 1.165) is 29.5 Å². The van der Waals surface area contributed by atoms with E-state index in [9.17, 15) is 26.4 Å². The molecule has 136 valence electrons. The predicted octanol–water partition coefficient (Wildman–Crippen LogP) is 3.21. The molecular formula is C15H10F3N3O3S2. The summed E-state index contributed by atoms with van der Waals surface area (Å²) in [5.74, 6) is -0.762. The van der Waals surface area contributed by atoms with Gasteiger partial charge in [0.25, 0.3) is 5.91 Å². The topological polar surface area (TPSA) is 102 Å². The second kappa shape index (κ2) is 6.34. The number of halogens is 3. The predicted molar refractivity (Wildman–Crippen MR) is 90.4 cm³/mol. The summed E-state index contributed by atoms with van der Waals surface area (Å²) < 4.78 is 61.4. The number of thiazole rings is 1. The minimum absolute atomic E-state index is 0.107. The molecule has 0 saturated heterocycles. The summed E-state index contributed by atoms with van der Waals surface area (Å²) in [6, 6.07) is 7.99. The van der Waals surface area contributed by atoms with Gasteiger partial charge in [-0.25, -0.2) is 18.5 Å². The van der Waals surface area contributed by atoms with Crippen molar-refractivity contribution in [3.05, 3.63) is 53.6 Å². The lowest BCUT2D eigenvalue weighted by molar-refractivity contribution is -0.137. The zero-order valence-corrected chi connectivity index (χ0v) is 14.4. The number of nitrogens with one attached hydrogen (secondary N) is 1. The Labute approximate surface area is 149 Å². The van der Waals surface area contributed by atoms with Gasteiger partial charge in [-0.15, -0.1) is 0 Å². The van der Waals surface area contributed by atoms with Crippen LogP contribution in [0.25, 0.3) is 10.2 Å². The summed E-state index contributed by atoms with van der Waals surface area (Å²) in [6.07, 6.45) is -4.56. The van der Waals surface area contributed by atoms with Gasteiger partial charge in [-0.2, -0.15) is 13.2 Å². The van der Waals surface area contributed by atoms with Crippen LogP contribution in [-0.2, 0) is 16.2 Å². The highest BCUT2D eigenvalue weighted by Gasteiger charge is 2.31. The van der Waals surface area contributed by atoms with E-state index >= 15 is 0 Å². The van der Waals surface area contributed by atoms with Gasteiger partial charge in [-0.05, 0) is 36.4 Å². The third-order valence-corrected chi connectivity index (χ3v) is 5.21. The molecule has 1 aromatic heterocycles. The van der Waals surface area contributed by atoms with Crippen LogP contribution in [0.2, 0.25) is 0 Å². The third-order valence-electron chi connectivity index (χ3n) is 3.36. The first-order valence-corrected chi connectivity index (χ1v) is 9.32. The quantitative estimate of drug-likeness (QED) is 0.703. The second-order valence-electron chi connectivity index (χ2n) is 5.23. The smallest absolute Gasteiger partial charge is 0.298 e. The van der Waals surface area contributed by atoms with Crippen molar-refractivity contribution in [1.82, 2.24) is 4.98 Å². The summed E-state index contributed by atoms with van der Waals surface area (Å²) in [5, 5.41) is 7.58. The third kappa shape index (κ3) is 3.84. The highest BCUT2D eigenvalue weighted by atomic mass is 32.2. The Bertz CT molecular complexity index is 1110. The van der Waals surface area contributed by atoms with E-state index in [-0.39, 0.29) is 15.6 Å². The molecule has 0 spiro atoms. The molecule has 6 nitrogen and oxygen atoms in total. The Morgan fingerprint density at radius 3 is 2.54 bits per heavy atom. The van der Waals surface area contributed by atoms with Gasteiger partial charge in [0, 0.05) is 5.56 Å². The highest BCUT2D eigenvalue weighted by Crippen LogP contribution is 2.31. The number of alkyl halides is 3. The van der Waals surface area contributed by atoms with Crippen molar-refractivity contribution in [2.24, 2.45) is 5.14 Å². The van der Waals surface area contributed by atoms with Crippen LogP contribution in [0.4, 0.5) is 18.3 Å². The van der Waals surface area contributed by atoms with Crippen LogP contribution in [0.3, 0.4) is 0 Å². The first-order valence-electron chi connectivity index (χ1n) is 6.96. The van der Waals surface area contributed by atoms with Crippen LogP contribution in [0.5, 0.6) is 0 Å². The van der Waals surface area contributed by atoms with Gasteiger partial charge in [0.15, 0.2) is 5.13 Å². The molecular weight excluding hydrogens is 391 g/mol. The first kappa shape index (κ1) is 18.3. The van der Waals surface area contributed by atoms with Gasteiger partial charge in [0.1, 0.15) is 0 Å². The van der Waals surface area contributed by atoms with Crippen molar-refractivity contribution >= 4 is 42.6 Å². The Kier molecular flexibility index (Phi) is 4.46. The number of aromatic nitrogens is 1. The number of amides is 1. The normalized spacial score (nSPS) is 12.3. The van der Waals surface area contributed by atoms with E-state index in [4.69, 9.17) is 5.14 Å². The molecule has 0 unspecified atom stereocenters. The molecule has 0 atom stereocenters. The highest BCUT2D eigenvalue weighted by molar-refractivity contribution is 7.89. The van der Waals surface area contributed by atoms with E-state index < -0.39 is 27.7 Å². The van der Waals surface area contributed by atoms with Crippen LogP contribution in [0, 0.1) is 0 Å². The van der Waals surface area contributed by atoms with Crippen LogP contribution in [-0.4, -0.2) is 19.3 Å². The number of benzene rings is 2. The van der Waals surface area contributed by atoms with Crippen molar-refractivity contribution in [3.63, 3.8) is 0 Å². The van der Waals surface area contributed by atoms with Gasteiger partial charge in [-0.1, -0.05) is 17.4 Å². The average molecular weight is 401 g/mol. The first-order chi connectivity index (χ1) is 12.0. The Hall–Kier alpha value is -2.50. The van der Waals surface area contributed by atoms with Gasteiger partial charge < -0.3 is 0 Å². The lowest BCUT2D eigenvalue weighted by Gasteiger charge is -2.08. The minimum atomic E-state index is -4.56. The van der Waals surface area contributed by atoms with E-state index in [2.05, 4.69) is 10.3 Å². The number of anilines is 1. The maximum absolute atomic E-state index is 12.7. The Morgan fingerprint density at radius 1 is 1.15 bits per heavy atom. The van der Waals surface area contributed by atoms with Crippen molar-refractivity contribution in [2.45, 2.75) is 11.1 Å². The summed E-state index contributed by atoms with van der Waals surface area (Å²) in [7, 11) is -3.88. The number of fused-ring (bicyclic) bond motifs is 1. The maximum Gasteiger partial charge on any atom is 0.416 e. The lowest BCUT2D eigenvalue weighted by atomic mass is 10.1. The zero-order chi connectivity index (χ0) is 19.1. The van der Waals surface area contributed by atoms with Gasteiger partial charge >= 0.3 is 6.18 Å². The molecule has 0 saturated carbocycles. The molecule has 1 heterocycles. The monoisotopic (exact) mass is 401 g/mol. The van der Waals surface area contributed by atoms with Crippen molar-refractivity contribution in [3.8, 4) is 0 Å². The van der Waals surface area contributed by atoms with Crippen molar-refractivity contribution in [1.29, 1.82) is 0 Å². The fourth-order valence-electron chi connectivity index (χ4n) is 2.14. The van der Waals surface area contributed by atoms with Crippen LogP contribution < -0.4 is 10.5 Å². The van der Waals surface area contributed by atoms with Crippen molar-refractivity contribution in [2.75, 3.05) is 5.32 Å². The number of nitrogens with zero attached hydrogens (tertiary/aromatic N) is 1. The molecule has 3 rings (SSSR count). The number of rotatable bonds is 3. The molecule has 0 aliphatic heterocycles. The lowest BCUT2D eigenvalue weighted by Crippen LogP contribution is -2.13. The summed E-state index contributed by atoms with van der Waals surface area (Å²) >= 11 is 0.975. The SMILES string of the molecule is NS(=O)(=O)c1ccc2nc(NC(=O)c3cccc(C(F)(F)F)c3)sc2c1. The number of hydrogen-bond donors (Lipinski definition) is 2. The number of primary sulfonamides is 1. The van der Waals surface area contributed by atoms with E-state index in [0.29, 0.717) is 10.2 Å². The van der Waals surface area contributed by atoms with Crippen molar-refractivity contribution < 1.29 is 26.4 Å². The number of sulfonamides is 1. The molecule has 3 aromatic rings. The van der Waals surface area contributed by atoms with Gasteiger partial charge in [0.05, 0.1) is 20.7 Å². The largest absolute Gasteiger partial charge is 0.416 e. The summed E-state index contributed by atoms with van der Waals surface area (Å²) in [5.41, 5.74) is -0.696. The number of hydrogen-bond acceptors (Lipinski definition) is 5. The molecule has 3 N–H and O–H groups in total. The molecule has 26 heavy (non-hydrogen) atoms. The summed E-state index contributed by atoms with van der Waals surface area (Å²) in [6.45, 7) is 0. The molecule has 2 aromatic carbocycles.